The van der Waals surface area contributed by atoms with Gasteiger partial charge in [-0.15, -0.1) is 0 Å². The largest absolute Gasteiger partial charge is 0.380 e. The fourth-order valence-electron chi connectivity index (χ4n) is 4.55. The minimum atomic E-state index is 0.490. The molecule has 2 saturated heterocycles. The third-order valence-corrected chi connectivity index (χ3v) is 5.60. The predicted molar refractivity (Wildman–Crippen MR) is 78.4 cm³/mol. The maximum absolute atomic E-state index is 5.76. The van der Waals surface area contributed by atoms with E-state index in [1.807, 2.05) is 7.11 Å². The van der Waals surface area contributed by atoms with Gasteiger partial charge in [0, 0.05) is 25.7 Å². The van der Waals surface area contributed by atoms with E-state index < -0.39 is 0 Å². The van der Waals surface area contributed by atoms with Crippen LogP contribution in [0.5, 0.6) is 0 Å². The van der Waals surface area contributed by atoms with Crippen LogP contribution in [-0.2, 0) is 4.74 Å². The van der Waals surface area contributed by atoms with Crippen LogP contribution in [0, 0.1) is 5.92 Å². The molecule has 3 heteroatoms. The van der Waals surface area contributed by atoms with Crippen molar-refractivity contribution in [2.75, 3.05) is 26.7 Å². The fourth-order valence-corrected chi connectivity index (χ4v) is 4.55. The Bertz CT molecular complexity index is 278. The molecule has 1 aliphatic carbocycles. The van der Waals surface area contributed by atoms with Crippen LogP contribution in [0.3, 0.4) is 0 Å². The van der Waals surface area contributed by atoms with Crippen LogP contribution in [0.15, 0.2) is 0 Å². The van der Waals surface area contributed by atoms with E-state index in [9.17, 15) is 0 Å². The number of hydrogen-bond acceptors (Lipinski definition) is 3. The van der Waals surface area contributed by atoms with Gasteiger partial charge >= 0.3 is 0 Å². The van der Waals surface area contributed by atoms with Crippen LogP contribution in [-0.4, -0.2) is 49.8 Å². The van der Waals surface area contributed by atoms with Gasteiger partial charge in [0.25, 0.3) is 0 Å². The van der Waals surface area contributed by atoms with Crippen molar-refractivity contribution in [2.24, 2.45) is 5.92 Å². The molecule has 2 aliphatic heterocycles. The number of methoxy groups -OCH3 is 1. The molecule has 19 heavy (non-hydrogen) atoms. The molecular weight excluding hydrogens is 236 g/mol. The summed E-state index contributed by atoms with van der Waals surface area (Å²) in [6, 6.07) is 1.50. The first-order valence-corrected chi connectivity index (χ1v) is 8.38. The molecule has 0 spiro atoms. The summed E-state index contributed by atoms with van der Waals surface area (Å²) in [6.45, 7) is 3.85. The lowest BCUT2D eigenvalue weighted by Gasteiger charge is -2.44. The van der Waals surface area contributed by atoms with E-state index in [4.69, 9.17) is 4.74 Å². The molecule has 3 aliphatic rings. The Balaban J connectivity index is 1.60. The smallest absolute Gasteiger partial charge is 0.0726 e. The van der Waals surface area contributed by atoms with Gasteiger partial charge in [0.15, 0.2) is 0 Å². The van der Waals surface area contributed by atoms with E-state index in [0.29, 0.717) is 12.1 Å². The average molecular weight is 266 g/mol. The molecule has 2 heterocycles. The second-order valence-electron chi connectivity index (χ2n) is 6.73. The van der Waals surface area contributed by atoms with Crippen molar-refractivity contribution in [3.05, 3.63) is 0 Å². The third-order valence-electron chi connectivity index (χ3n) is 5.60. The number of hydrogen-bond donors (Lipinski definition) is 1. The monoisotopic (exact) mass is 266 g/mol. The van der Waals surface area contributed by atoms with Gasteiger partial charge in [-0.05, 0) is 57.5 Å². The Hall–Kier alpha value is -0.120. The molecule has 4 atom stereocenters. The van der Waals surface area contributed by atoms with Crippen LogP contribution in [0.25, 0.3) is 0 Å². The van der Waals surface area contributed by atoms with E-state index in [1.54, 1.807) is 0 Å². The molecule has 0 aromatic heterocycles. The zero-order valence-electron chi connectivity index (χ0n) is 12.4. The maximum Gasteiger partial charge on any atom is 0.0726 e. The van der Waals surface area contributed by atoms with Crippen LogP contribution >= 0.6 is 0 Å². The van der Waals surface area contributed by atoms with Gasteiger partial charge in [0.1, 0.15) is 0 Å². The van der Waals surface area contributed by atoms with Crippen LogP contribution in [0.4, 0.5) is 0 Å². The lowest BCUT2D eigenvalue weighted by atomic mass is 9.85. The van der Waals surface area contributed by atoms with Crippen molar-refractivity contribution in [3.8, 4) is 0 Å². The molecule has 0 amide bonds. The first kappa shape index (κ1) is 13.8. The van der Waals surface area contributed by atoms with E-state index in [2.05, 4.69) is 10.2 Å². The molecule has 0 radical (unpaired) electrons. The first-order chi connectivity index (χ1) is 9.38. The molecular formula is C16H30N2O. The summed E-state index contributed by atoms with van der Waals surface area (Å²) < 4.78 is 5.76. The summed E-state index contributed by atoms with van der Waals surface area (Å²) >= 11 is 0. The molecule has 1 N–H and O–H groups in total. The molecule has 1 saturated carbocycles. The number of piperidine rings is 1. The third kappa shape index (κ3) is 3.14. The average Bonchev–Trinajstić information content (AvgIpc) is 3.01. The highest BCUT2D eigenvalue weighted by Gasteiger charge is 2.35. The number of nitrogens with one attached hydrogen (secondary N) is 1. The Morgan fingerprint density at radius 1 is 1.00 bits per heavy atom. The van der Waals surface area contributed by atoms with Gasteiger partial charge in [-0.3, -0.25) is 4.90 Å². The zero-order valence-corrected chi connectivity index (χ0v) is 12.4. The Morgan fingerprint density at radius 2 is 1.89 bits per heavy atom. The number of nitrogens with zero attached hydrogens (tertiary/aromatic N) is 1. The van der Waals surface area contributed by atoms with Crippen molar-refractivity contribution in [3.63, 3.8) is 0 Å². The van der Waals surface area contributed by atoms with Crippen molar-refractivity contribution >= 4 is 0 Å². The lowest BCUT2D eigenvalue weighted by Crippen LogP contribution is -2.52. The molecule has 4 unspecified atom stereocenters. The summed E-state index contributed by atoms with van der Waals surface area (Å²) in [5.74, 6) is 0.885. The molecule has 3 rings (SSSR count). The van der Waals surface area contributed by atoms with E-state index in [1.165, 1.54) is 71.0 Å². The van der Waals surface area contributed by atoms with Crippen LogP contribution in [0.1, 0.15) is 51.4 Å². The van der Waals surface area contributed by atoms with Gasteiger partial charge in [-0.2, -0.15) is 0 Å². The summed E-state index contributed by atoms with van der Waals surface area (Å²) in [5.41, 5.74) is 0. The van der Waals surface area contributed by atoms with Crippen LogP contribution < -0.4 is 5.32 Å². The number of likely N-dealkylation sites (tertiary alicyclic amines) is 1. The summed E-state index contributed by atoms with van der Waals surface area (Å²) in [4.78, 5) is 2.77. The molecule has 110 valence electrons. The summed E-state index contributed by atoms with van der Waals surface area (Å²) in [7, 11) is 1.91. The molecule has 3 nitrogen and oxygen atoms in total. The molecule has 3 fully saturated rings. The normalized spacial score (nSPS) is 41.5. The molecule has 0 aromatic carbocycles. The number of rotatable bonds is 3. The Morgan fingerprint density at radius 3 is 2.68 bits per heavy atom. The second-order valence-corrected chi connectivity index (χ2v) is 6.73. The van der Waals surface area contributed by atoms with Gasteiger partial charge in [-0.25, -0.2) is 0 Å². The topological polar surface area (TPSA) is 24.5 Å². The lowest BCUT2D eigenvalue weighted by molar-refractivity contribution is -0.0274. The van der Waals surface area contributed by atoms with Crippen LogP contribution in [0.2, 0.25) is 0 Å². The number of ether oxygens (including phenoxy) is 1. The highest BCUT2D eigenvalue weighted by molar-refractivity contribution is 4.91. The second kappa shape index (κ2) is 6.55. The van der Waals surface area contributed by atoms with Crippen molar-refractivity contribution in [2.45, 2.75) is 69.6 Å². The van der Waals surface area contributed by atoms with E-state index >= 15 is 0 Å². The highest BCUT2D eigenvalue weighted by Crippen LogP contribution is 2.31. The Labute approximate surface area is 118 Å². The van der Waals surface area contributed by atoms with Crippen molar-refractivity contribution in [1.82, 2.24) is 10.2 Å². The fraction of sp³-hybridized carbons (Fsp3) is 1.00. The standard InChI is InChI=1S/C16H30N2O/c1-19-16-9-3-2-8-15(16)18-11-5-6-13(12-18)14-7-4-10-17-14/h13-17H,2-12H2,1H3. The van der Waals surface area contributed by atoms with Gasteiger partial charge in [0.05, 0.1) is 6.10 Å². The highest BCUT2D eigenvalue weighted by atomic mass is 16.5. The van der Waals surface area contributed by atoms with Gasteiger partial charge < -0.3 is 10.1 Å². The van der Waals surface area contributed by atoms with Gasteiger partial charge in [0.2, 0.25) is 0 Å². The molecule has 0 bridgehead atoms. The van der Waals surface area contributed by atoms with Crippen molar-refractivity contribution in [1.29, 1.82) is 0 Å². The van der Waals surface area contributed by atoms with E-state index in [-0.39, 0.29) is 0 Å². The SMILES string of the molecule is COC1CCCCC1N1CCCC(C2CCCN2)C1. The summed E-state index contributed by atoms with van der Waals surface area (Å²) in [6.07, 6.45) is 11.5. The summed E-state index contributed by atoms with van der Waals surface area (Å²) in [5, 5.41) is 3.72. The zero-order chi connectivity index (χ0) is 13.1. The van der Waals surface area contributed by atoms with E-state index in [0.717, 1.165) is 12.0 Å². The van der Waals surface area contributed by atoms with Gasteiger partial charge in [-0.1, -0.05) is 12.8 Å². The Kier molecular flexibility index (Phi) is 4.78. The minimum Gasteiger partial charge on any atom is -0.380 e. The predicted octanol–water partition coefficient (Wildman–Crippen LogP) is 2.41. The first-order valence-electron chi connectivity index (χ1n) is 8.38. The maximum atomic E-state index is 5.76. The van der Waals surface area contributed by atoms with Crippen molar-refractivity contribution < 1.29 is 4.74 Å². The quantitative estimate of drug-likeness (QED) is 0.849. The minimum absolute atomic E-state index is 0.490. The molecule has 0 aromatic rings.